The third-order valence-electron chi connectivity index (χ3n) is 4.34. The number of aliphatic carboxylic acids is 1. The summed E-state index contributed by atoms with van der Waals surface area (Å²) in [4.78, 5) is 35.7. The largest absolute Gasteiger partial charge is 0.481 e. The van der Waals surface area contributed by atoms with Crippen molar-refractivity contribution < 1.29 is 24.7 Å². The highest BCUT2D eigenvalue weighted by molar-refractivity contribution is 5.86. The van der Waals surface area contributed by atoms with E-state index in [1.807, 2.05) is 60.7 Å². The van der Waals surface area contributed by atoms with E-state index in [2.05, 4.69) is 5.32 Å². The lowest BCUT2D eigenvalue weighted by Crippen LogP contribution is -2.43. The van der Waals surface area contributed by atoms with Crippen molar-refractivity contribution in [1.29, 1.82) is 0 Å². The Bertz CT molecular complexity index is 780. The maximum atomic E-state index is 12.8. The molecule has 2 rings (SSSR count). The Balaban J connectivity index is 2.12. The highest BCUT2D eigenvalue weighted by Gasteiger charge is 2.25. The normalized spacial score (nSPS) is 12.6. The number of benzene rings is 2. The molecule has 0 unspecified atom stereocenters. The van der Waals surface area contributed by atoms with Crippen LogP contribution in [0, 0.1) is 5.92 Å². The van der Waals surface area contributed by atoms with E-state index in [0.717, 1.165) is 11.1 Å². The fourth-order valence-corrected chi connectivity index (χ4v) is 3.03. The van der Waals surface area contributed by atoms with Gasteiger partial charge in [0, 0.05) is 12.5 Å². The Morgan fingerprint density at radius 2 is 1.36 bits per heavy atom. The Hall–Kier alpha value is -3.19. The SMILES string of the molecule is O=C(O)C[C@H](Cc1ccccc1)NC(=O)[C@H](CC(=O)NO)Cc1ccccc1. The zero-order valence-electron chi connectivity index (χ0n) is 15.4. The lowest BCUT2D eigenvalue weighted by atomic mass is 9.94. The summed E-state index contributed by atoms with van der Waals surface area (Å²) in [6.45, 7) is 0. The van der Waals surface area contributed by atoms with Crippen molar-refractivity contribution in [3.8, 4) is 0 Å². The average Bonchev–Trinajstić information content (AvgIpc) is 2.68. The highest BCUT2D eigenvalue weighted by Crippen LogP contribution is 2.15. The third-order valence-corrected chi connectivity index (χ3v) is 4.34. The second-order valence-electron chi connectivity index (χ2n) is 6.62. The van der Waals surface area contributed by atoms with Gasteiger partial charge >= 0.3 is 5.97 Å². The van der Waals surface area contributed by atoms with Crippen LogP contribution in [0.3, 0.4) is 0 Å². The molecule has 0 heterocycles. The first kappa shape index (κ1) is 21.1. The standard InChI is InChI=1S/C21H24N2O5/c24-19(23-28)13-17(11-15-7-3-1-4-8-15)21(27)22-18(14-20(25)26)12-16-9-5-2-6-10-16/h1-10,17-18,28H,11-14H2,(H,22,27)(H,23,24)(H,25,26)/t17-,18-/m0/s1. The minimum atomic E-state index is -1.02. The Labute approximate surface area is 163 Å². The second kappa shape index (κ2) is 10.8. The lowest BCUT2D eigenvalue weighted by Gasteiger charge is -2.22. The molecule has 0 aliphatic carbocycles. The molecule has 0 aliphatic rings. The summed E-state index contributed by atoms with van der Waals surface area (Å²) in [6, 6.07) is 17.9. The molecule has 4 N–H and O–H groups in total. The van der Waals surface area contributed by atoms with Crippen molar-refractivity contribution in [2.45, 2.75) is 31.7 Å². The van der Waals surface area contributed by atoms with Crippen LogP contribution in [0.2, 0.25) is 0 Å². The number of rotatable bonds is 10. The van der Waals surface area contributed by atoms with Crippen LogP contribution in [0.5, 0.6) is 0 Å². The van der Waals surface area contributed by atoms with Crippen LogP contribution in [-0.4, -0.2) is 34.1 Å². The minimum Gasteiger partial charge on any atom is -0.481 e. The minimum absolute atomic E-state index is 0.206. The maximum absolute atomic E-state index is 12.8. The number of carboxylic acids is 1. The molecule has 7 nitrogen and oxygen atoms in total. The molecule has 28 heavy (non-hydrogen) atoms. The van der Waals surface area contributed by atoms with Crippen LogP contribution in [0.25, 0.3) is 0 Å². The number of hydrogen-bond acceptors (Lipinski definition) is 4. The van der Waals surface area contributed by atoms with E-state index in [0.29, 0.717) is 12.8 Å². The fraction of sp³-hybridized carbons (Fsp3) is 0.286. The Kier molecular flexibility index (Phi) is 8.17. The predicted octanol–water partition coefficient (Wildman–Crippen LogP) is 1.94. The number of carbonyl (C=O) groups is 3. The van der Waals surface area contributed by atoms with E-state index in [1.165, 1.54) is 0 Å². The van der Waals surface area contributed by atoms with Crippen LogP contribution in [-0.2, 0) is 27.2 Å². The van der Waals surface area contributed by atoms with Crippen molar-refractivity contribution in [2.75, 3.05) is 0 Å². The summed E-state index contributed by atoms with van der Waals surface area (Å²) in [7, 11) is 0. The van der Waals surface area contributed by atoms with Crippen LogP contribution in [0.4, 0.5) is 0 Å². The van der Waals surface area contributed by atoms with Crippen molar-refractivity contribution in [1.82, 2.24) is 10.8 Å². The number of amides is 2. The molecule has 2 aromatic rings. The molecule has 7 heteroatoms. The van der Waals surface area contributed by atoms with Crippen LogP contribution >= 0.6 is 0 Å². The van der Waals surface area contributed by atoms with Gasteiger partial charge in [-0.05, 0) is 24.0 Å². The summed E-state index contributed by atoms with van der Waals surface area (Å²) in [6.07, 6.45) is 0.224. The van der Waals surface area contributed by atoms with E-state index in [-0.39, 0.29) is 12.8 Å². The monoisotopic (exact) mass is 384 g/mol. The molecule has 0 saturated heterocycles. The lowest BCUT2D eigenvalue weighted by molar-refractivity contribution is -0.138. The van der Waals surface area contributed by atoms with Crippen molar-refractivity contribution in [2.24, 2.45) is 5.92 Å². The van der Waals surface area contributed by atoms with Crippen molar-refractivity contribution in [3.05, 3.63) is 71.8 Å². The topological polar surface area (TPSA) is 116 Å². The van der Waals surface area contributed by atoms with Crippen molar-refractivity contribution >= 4 is 17.8 Å². The summed E-state index contributed by atoms with van der Waals surface area (Å²) in [5.41, 5.74) is 3.32. The Morgan fingerprint density at radius 1 is 0.821 bits per heavy atom. The fourth-order valence-electron chi connectivity index (χ4n) is 3.03. The van der Waals surface area contributed by atoms with Gasteiger partial charge in [0.1, 0.15) is 0 Å². The molecule has 0 spiro atoms. The molecule has 2 aromatic carbocycles. The number of carboxylic acid groups (broad SMARTS) is 1. The first-order valence-electron chi connectivity index (χ1n) is 9.01. The quantitative estimate of drug-likeness (QED) is 0.369. The van der Waals surface area contributed by atoms with E-state index < -0.39 is 29.7 Å². The van der Waals surface area contributed by atoms with Crippen LogP contribution in [0.15, 0.2) is 60.7 Å². The van der Waals surface area contributed by atoms with Gasteiger partial charge in [0.05, 0.1) is 12.3 Å². The van der Waals surface area contributed by atoms with Crippen molar-refractivity contribution in [3.63, 3.8) is 0 Å². The maximum Gasteiger partial charge on any atom is 0.305 e. The molecular formula is C21H24N2O5. The number of nitrogens with one attached hydrogen (secondary N) is 2. The number of carbonyl (C=O) groups excluding carboxylic acids is 2. The molecule has 0 fully saturated rings. The third kappa shape index (κ3) is 7.20. The van der Waals surface area contributed by atoms with E-state index in [9.17, 15) is 19.5 Å². The average molecular weight is 384 g/mol. The van der Waals surface area contributed by atoms with E-state index in [4.69, 9.17) is 5.21 Å². The van der Waals surface area contributed by atoms with Crippen LogP contribution < -0.4 is 10.8 Å². The van der Waals surface area contributed by atoms with E-state index >= 15 is 0 Å². The van der Waals surface area contributed by atoms with Gasteiger partial charge in [-0.1, -0.05) is 60.7 Å². The molecule has 2 amide bonds. The van der Waals surface area contributed by atoms with Gasteiger partial charge in [-0.2, -0.15) is 0 Å². The van der Waals surface area contributed by atoms with Gasteiger partial charge in [0.25, 0.3) is 0 Å². The number of hydroxylamine groups is 1. The van der Waals surface area contributed by atoms with E-state index in [1.54, 1.807) is 5.48 Å². The molecule has 0 saturated carbocycles. The van der Waals surface area contributed by atoms with Gasteiger partial charge in [0.2, 0.25) is 11.8 Å². The summed E-state index contributed by atoms with van der Waals surface area (Å²) >= 11 is 0. The highest BCUT2D eigenvalue weighted by atomic mass is 16.5. The molecule has 0 aliphatic heterocycles. The Morgan fingerprint density at radius 3 is 1.86 bits per heavy atom. The second-order valence-corrected chi connectivity index (χ2v) is 6.62. The molecule has 0 aromatic heterocycles. The first-order chi connectivity index (χ1) is 13.5. The predicted molar refractivity (Wildman–Crippen MR) is 103 cm³/mol. The number of hydrogen-bond donors (Lipinski definition) is 4. The first-order valence-corrected chi connectivity index (χ1v) is 9.01. The van der Waals surface area contributed by atoms with Gasteiger partial charge in [-0.15, -0.1) is 0 Å². The summed E-state index contributed by atoms with van der Waals surface area (Å²) in [5, 5.41) is 20.8. The summed E-state index contributed by atoms with van der Waals surface area (Å²) in [5.74, 6) is -2.85. The van der Waals surface area contributed by atoms with Gasteiger partial charge in [0.15, 0.2) is 0 Å². The zero-order valence-corrected chi connectivity index (χ0v) is 15.4. The van der Waals surface area contributed by atoms with Gasteiger partial charge in [-0.3, -0.25) is 19.6 Å². The molecule has 0 bridgehead atoms. The molecule has 148 valence electrons. The smallest absolute Gasteiger partial charge is 0.305 e. The van der Waals surface area contributed by atoms with Crippen LogP contribution in [0.1, 0.15) is 24.0 Å². The van der Waals surface area contributed by atoms with Gasteiger partial charge < -0.3 is 10.4 Å². The summed E-state index contributed by atoms with van der Waals surface area (Å²) < 4.78 is 0. The molecular weight excluding hydrogens is 360 g/mol. The molecule has 2 atom stereocenters. The zero-order chi connectivity index (χ0) is 20.4. The van der Waals surface area contributed by atoms with Gasteiger partial charge in [-0.25, -0.2) is 5.48 Å². The molecule has 0 radical (unpaired) electrons.